The molecule has 0 aliphatic carbocycles. The van der Waals surface area contributed by atoms with E-state index in [-0.39, 0.29) is 11.8 Å². The van der Waals surface area contributed by atoms with Crippen LogP contribution < -0.4 is 5.32 Å². The van der Waals surface area contributed by atoms with Crippen LogP contribution in [0.3, 0.4) is 0 Å². The molecule has 2 aliphatic heterocycles. The van der Waals surface area contributed by atoms with E-state index in [4.69, 9.17) is 0 Å². The smallest absolute Gasteiger partial charge is 0.178 e. The van der Waals surface area contributed by atoms with Gasteiger partial charge in [0.2, 0.25) is 0 Å². The Hall–Kier alpha value is -0.910. The summed E-state index contributed by atoms with van der Waals surface area (Å²) in [5, 5.41) is 3.40. The second-order valence-corrected chi connectivity index (χ2v) is 7.38. The van der Waals surface area contributed by atoms with Crippen LogP contribution in [-0.4, -0.2) is 45.2 Å². The van der Waals surface area contributed by atoms with Gasteiger partial charge in [0.05, 0.1) is 10.6 Å². The zero-order valence-corrected chi connectivity index (χ0v) is 11.8. The van der Waals surface area contributed by atoms with E-state index in [9.17, 15) is 8.42 Å². The maximum Gasteiger partial charge on any atom is 0.178 e. The Balaban J connectivity index is 1.95. The molecule has 0 saturated carbocycles. The molecule has 1 saturated heterocycles. The third-order valence-electron chi connectivity index (χ3n) is 4.09. The quantitative estimate of drug-likeness (QED) is 0.840. The molecule has 1 unspecified atom stereocenters. The molecule has 3 rings (SSSR count). The summed E-state index contributed by atoms with van der Waals surface area (Å²) in [7, 11) is -3.07. The SMILES string of the molecule is O=S1(=O)CCC(N2CCCNCC2)c2ccccc21. The van der Waals surface area contributed by atoms with Crippen molar-refractivity contribution in [3.05, 3.63) is 29.8 Å². The second-order valence-electron chi connectivity index (χ2n) is 5.30. The molecule has 0 bridgehead atoms. The van der Waals surface area contributed by atoms with Crippen molar-refractivity contribution in [2.45, 2.75) is 23.8 Å². The van der Waals surface area contributed by atoms with Gasteiger partial charge in [-0.2, -0.15) is 0 Å². The minimum Gasteiger partial charge on any atom is -0.315 e. The Bertz CT molecular complexity index is 548. The van der Waals surface area contributed by atoms with Gasteiger partial charge in [0.25, 0.3) is 0 Å². The number of benzene rings is 1. The Kier molecular flexibility index (Phi) is 3.60. The molecule has 5 heteroatoms. The normalized spacial score (nSPS) is 27.5. The number of hydrogen-bond acceptors (Lipinski definition) is 4. The van der Waals surface area contributed by atoms with E-state index in [2.05, 4.69) is 10.2 Å². The lowest BCUT2D eigenvalue weighted by Gasteiger charge is -2.34. The van der Waals surface area contributed by atoms with Crippen molar-refractivity contribution in [2.75, 3.05) is 31.9 Å². The van der Waals surface area contributed by atoms with Crippen molar-refractivity contribution in [3.63, 3.8) is 0 Å². The number of hydrogen-bond donors (Lipinski definition) is 1. The summed E-state index contributed by atoms with van der Waals surface area (Å²) in [6.07, 6.45) is 1.85. The van der Waals surface area contributed by atoms with E-state index < -0.39 is 9.84 Å². The van der Waals surface area contributed by atoms with Gasteiger partial charge in [0, 0.05) is 25.7 Å². The predicted octanol–water partition coefficient (Wildman–Crippen LogP) is 1.20. The fraction of sp³-hybridized carbons (Fsp3) is 0.571. The summed E-state index contributed by atoms with van der Waals surface area (Å²) in [6.45, 7) is 4.10. The lowest BCUT2D eigenvalue weighted by atomic mass is 10.0. The van der Waals surface area contributed by atoms with Crippen LogP contribution in [0.1, 0.15) is 24.4 Å². The number of nitrogens with one attached hydrogen (secondary N) is 1. The average Bonchev–Trinajstić information content (AvgIpc) is 2.68. The van der Waals surface area contributed by atoms with E-state index in [1.807, 2.05) is 18.2 Å². The van der Waals surface area contributed by atoms with Gasteiger partial charge in [0.1, 0.15) is 0 Å². The van der Waals surface area contributed by atoms with Gasteiger partial charge in [0.15, 0.2) is 9.84 Å². The molecule has 0 aromatic heterocycles. The van der Waals surface area contributed by atoms with Crippen LogP contribution in [0.15, 0.2) is 29.2 Å². The van der Waals surface area contributed by atoms with Crippen LogP contribution in [-0.2, 0) is 9.84 Å². The zero-order chi connectivity index (χ0) is 13.3. The van der Waals surface area contributed by atoms with E-state index in [0.29, 0.717) is 4.90 Å². The topological polar surface area (TPSA) is 49.4 Å². The van der Waals surface area contributed by atoms with Crippen LogP contribution in [0.2, 0.25) is 0 Å². The number of sulfone groups is 1. The molecule has 0 spiro atoms. The van der Waals surface area contributed by atoms with E-state index in [1.165, 1.54) is 0 Å². The van der Waals surface area contributed by atoms with Gasteiger partial charge in [-0.1, -0.05) is 18.2 Å². The number of nitrogens with zero attached hydrogens (tertiary/aromatic N) is 1. The van der Waals surface area contributed by atoms with Gasteiger partial charge in [-0.25, -0.2) is 8.42 Å². The lowest BCUT2D eigenvalue weighted by Crippen LogP contribution is -2.36. The molecule has 1 fully saturated rings. The van der Waals surface area contributed by atoms with Gasteiger partial charge in [-0.3, -0.25) is 4.90 Å². The van der Waals surface area contributed by atoms with Crippen LogP contribution in [0.5, 0.6) is 0 Å². The van der Waals surface area contributed by atoms with Crippen molar-refractivity contribution >= 4 is 9.84 Å². The van der Waals surface area contributed by atoms with Crippen LogP contribution in [0.4, 0.5) is 0 Å². The summed E-state index contributed by atoms with van der Waals surface area (Å²) in [4.78, 5) is 2.98. The summed E-state index contributed by atoms with van der Waals surface area (Å²) in [5.41, 5.74) is 0.996. The molecule has 19 heavy (non-hydrogen) atoms. The number of fused-ring (bicyclic) bond motifs is 1. The molecule has 1 aromatic carbocycles. The summed E-state index contributed by atoms with van der Waals surface area (Å²) >= 11 is 0. The molecule has 2 aliphatic rings. The maximum atomic E-state index is 12.1. The van der Waals surface area contributed by atoms with Gasteiger partial charge in [-0.15, -0.1) is 0 Å². The monoisotopic (exact) mass is 280 g/mol. The molecule has 104 valence electrons. The first-order valence-corrected chi connectivity index (χ1v) is 8.60. The first kappa shape index (κ1) is 13.1. The van der Waals surface area contributed by atoms with Crippen LogP contribution in [0.25, 0.3) is 0 Å². The summed E-state index contributed by atoms with van der Waals surface area (Å²) in [5.74, 6) is 0.276. The molecular formula is C14H20N2O2S. The van der Waals surface area contributed by atoms with E-state index in [0.717, 1.165) is 44.6 Å². The molecular weight excluding hydrogens is 260 g/mol. The molecule has 2 heterocycles. The highest BCUT2D eigenvalue weighted by Gasteiger charge is 2.33. The van der Waals surface area contributed by atoms with Gasteiger partial charge >= 0.3 is 0 Å². The highest BCUT2D eigenvalue weighted by molar-refractivity contribution is 7.91. The fourth-order valence-corrected chi connectivity index (χ4v) is 4.73. The Labute approximate surface area is 114 Å². The third-order valence-corrected chi connectivity index (χ3v) is 5.90. The molecule has 1 aromatic rings. The standard InChI is InChI=1S/C14H20N2O2S/c17-19(18)11-6-13(12-4-1-2-5-14(12)19)16-9-3-7-15-8-10-16/h1-2,4-5,13,15H,3,6-11H2. The highest BCUT2D eigenvalue weighted by Crippen LogP contribution is 2.35. The zero-order valence-electron chi connectivity index (χ0n) is 11.0. The first-order valence-electron chi connectivity index (χ1n) is 6.95. The van der Waals surface area contributed by atoms with Crippen LogP contribution in [0, 0.1) is 0 Å². The van der Waals surface area contributed by atoms with Crippen molar-refractivity contribution in [1.29, 1.82) is 0 Å². The number of rotatable bonds is 1. The van der Waals surface area contributed by atoms with Gasteiger partial charge < -0.3 is 5.32 Å². The Morgan fingerprint density at radius 2 is 2.00 bits per heavy atom. The van der Waals surface area contributed by atoms with Crippen molar-refractivity contribution in [3.8, 4) is 0 Å². The van der Waals surface area contributed by atoms with Crippen molar-refractivity contribution in [2.24, 2.45) is 0 Å². The summed E-state index contributed by atoms with van der Waals surface area (Å²) < 4.78 is 24.3. The first-order chi connectivity index (χ1) is 9.18. The predicted molar refractivity (Wildman–Crippen MR) is 74.9 cm³/mol. The second kappa shape index (κ2) is 5.23. The third kappa shape index (κ3) is 2.55. The molecule has 1 N–H and O–H groups in total. The molecule has 4 nitrogen and oxygen atoms in total. The largest absolute Gasteiger partial charge is 0.315 e. The van der Waals surface area contributed by atoms with E-state index >= 15 is 0 Å². The van der Waals surface area contributed by atoms with Crippen molar-refractivity contribution < 1.29 is 8.42 Å². The molecule has 1 atom stereocenters. The van der Waals surface area contributed by atoms with Gasteiger partial charge in [-0.05, 0) is 31.0 Å². The van der Waals surface area contributed by atoms with Crippen LogP contribution >= 0.6 is 0 Å². The van der Waals surface area contributed by atoms with E-state index in [1.54, 1.807) is 6.07 Å². The summed E-state index contributed by atoms with van der Waals surface area (Å²) in [6, 6.07) is 7.77. The van der Waals surface area contributed by atoms with Crippen molar-refractivity contribution in [1.82, 2.24) is 10.2 Å². The minimum atomic E-state index is -3.07. The average molecular weight is 280 g/mol. The Morgan fingerprint density at radius 3 is 2.89 bits per heavy atom. The molecule has 0 amide bonds. The Morgan fingerprint density at radius 1 is 1.16 bits per heavy atom. The lowest BCUT2D eigenvalue weighted by molar-refractivity contribution is 0.201. The fourth-order valence-electron chi connectivity index (χ4n) is 3.13. The highest BCUT2D eigenvalue weighted by atomic mass is 32.2. The minimum absolute atomic E-state index is 0.264. The molecule has 0 radical (unpaired) electrons. The maximum absolute atomic E-state index is 12.1.